The van der Waals surface area contributed by atoms with Gasteiger partial charge in [0.25, 0.3) is 0 Å². The molecule has 1 aromatic rings. The summed E-state index contributed by atoms with van der Waals surface area (Å²) in [5, 5.41) is 3.16. The minimum Gasteiger partial charge on any atom is -0.355 e. The van der Waals surface area contributed by atoms with E-state index in [2.05, 4.69) is 37.4 Å². The molecule has 1 aromatic carbocycles. The van der Waals surface area contributed by atoms with Crippen molar-refractivity contribution in [2.24, 2.45) is 5.41 Å². The van der Waals surface area contributed by atoms with Crippen LogP contribution >= 0.6 is 11.6 Å². The first-order valence-electron chi connectivity index (χ1n) is 7.95. The summed E-state index contributed by atoms with van der Waals surface area (Å²) in [6.45, 7) is 5.10. The topological polar surface area (TPSA) is 29.1 Å². The summed E-state index contributed by atoms with van der Waals surface area (Å²) in [6, 6.07) is 8.36. The molecule has 0 bridgehead atoms. The number of hydrogen-bond donors (Lipinski definition) is 1. The zero-order valence-electron chi connectivity index (χ0n) is 13.1. The van der Waals surface area contributed by atoms with Gasteiger partial charge in [-0.05, 0) is 48.6 Å². The maximum absolute atomic E-state index is 12.5. The third-order valence-electron chi connectivity index (χ3n) is 4.41. The lowest BCUT2D eigenvalue weighted by atomic mass is 9.82. The van der Waals surface area contributed by atoms with Crippen LogP contribution < -0.4 is 5.32 Å². The van der Waals surface area contributed by atoms with Crippen molar-refractivity contribution in [2.75, 3.05) is 12.4 Å². The fourth-order valence-corrected chi connectivity index (χ4v) is 3.24. The molecular weight excluding hydrogens is 282 g/mol. The number of fused-ring (bicyclic) bond motifs is 1. The van der Waals surface area contributed by atoms with Crippen molar-refractivity contribution >= 4 is 17.5 Å². The third kappa shape index (κ3) is 4.47. The predicted octanol–water partition coefficient (Wildman–Crippen LogP) is 4.27. The van der Waals surface area contributed by atoms with Gasteiger partial charge in [-0.1, -0.05) is 38.1 Å². The molecule has 1 N–H and O–H groups in total. The second kappa shape index (κ2) is 7.31. The van der Waals surface area contributed by atoms with E-state index in [1.807, 2.05) is 6.07 Å². The molecule has 0 heterocycles. The number of hydrogen-bond acceptors (Lipinski definition) is 1. The molecule has 0 aliphatic heterocycles. The Morgan fingerprint density at radius 3 is 2.90 bits per heavy atom. The van der Waals surface area contributed by atoms with E-state index in [0.717, 1.165) is 38.6 Å². The molecule has 0 fully saturated rings. The SMILES string of the molecule is CC(C)(CCCCl)CNC(=O)C1CCCc2ccccc21. The molecule has 0 saturated carbocycles. The van der Waals surface area contributed by atoms with Gasteiger partial charge in [-0.25, -0.2) is 0 Å². The van der Waals surface area contributed by atoms with Crippen LogP contribution in [0.5, 0.6) is 0 Å². The average molecular weight is 308 g/mol. The van der Waals surface area contributed by atoms with Crippen LogP contribution in [0.3, 0.4) is 0 Å². The van der Waals surface area contributed by atoms with Gasteiger partial charge >= 0.3 is 0 Å². The van der Waals surface area contributed by atoms with E-state index in [1.165, 1.54) is 11.1 Å². The smallest absolute Gasteiger partial charge is 0.227 e. The molecule has 116 valence electrons. The lowest BCUT2D eigenvalue weighted by molar-refractivity contribution is -0.123. The summed E-state index contributed by atoms with van der Waals surface area (Å²) < 4.78 is 0. The zero-order valence-corrected chi connectivity index (χ0v) is 13.9. The Hall–Kier alpha value is -1.02. The van der Waals surface area contributed by atoms with Crippen molar-refractivity contribution in [3.8, 4) is 0 Å². The van der Waals surface area contributed by atoms with E-state index in [4.69, 9.17) is 11.6 Å². The minimum absolute atomic E-state index is 0.0266. The van der Waals surface area contributed by atoms with Gasteiger partial charge < -0.3 is 5.32 Å². The van der Waals surface area contributed by atoms with Crippen LogP contribution in [0.25, 0.3) is 0 Å². The lowest BCUT2D eigenvalue weighted by Crippen LogP contribution is -2.37. The Morgan fingerprint density at radius 1 is 1.38 bits per heavy atom. The number of nitrogens with one attached hydrogen (secondary N) is 1. The number of halogens is 1. The van der Waals surface area contributed by atoms with Crippen LogP contribution in [0, 0.1) is 5.41 Å². The molecule has 0 aromatic heterocycles. The fourth-order valence-electron chi connectivity index (χ4n) is 3.11. The largest absolute Gasteiger partial charge is 0.355 e. The van der Waals surface area contributed by atoms with E-state index < -0.39 is 0 Å². The third-order valence-corrected chi connectivity index (χ3v) is 4.68. The fraction of sp³-hybridized carbons (Fsp3) is 0.611. The maximum atomic E-state index is 12.5. The normalized spacial score (nSPS) is 18.1. The number of benzene rings is 1. The minimum atomic E-state index is 0.0266. The molecule has 21 heavy (non-hydrogen) atoms. The Morgan fingerprint density at radius 2 is 2.14 bits per heavy atom. The number of carbonyl (C=O) groups excluding carboxylic acids is 1. The highest BCUT2D eigenvalue weighted by atomic mass is 35.5. The number of aryl methyl sites for hydroxylation is 1. The van der Waals surface area contributed by atoms with Gasteiger partial charge in [0.15, 0.2) is 0 Å². The van der Waals surface area contributed by atoms with Crippen LogP contribution in [0.1, 0.15) is 56.6 Å². The van der Waals surface area contributed by atoms with Gasteiger partial charge in [0, 0.05) is 12.4 Å². The number of alkyl halides is 1. The number of rotatable bonds is 6. The van der Waals surface area contributed by atoms with E-state index in [9.17, 15) is 4.79 Å². The predicted molar refractivity (Wildman–Crippen MR) is 88.9 cm³/mol. The van der Waals surface area contributed by atoms with Gasteiger partial charge in [0.1, 0.15) is 0 Å². The highest BCUT2D eigenvalue weighted by Gasteiger charge is 2.27. The van der Waals surface area contributed by atoms with Crippen molar-refractivity contribution in [1.29, 1.82) is 0 Å². The van der Waals surface area contributed by atoms with Gasteiger partial charge in [0.2, 0.25) is 5.91 Å². The highest BCUT2D eigenvalue weighted by molar-refractivity contribution is 6.17. The average Bonchev–Trinajstić information content (AvgIpc) is 2.50. The van der Waals surface area contributed by atoms with Crippen molar-refractivity contribution in [3.63, 3.8) is 0 Å². The van der Waals surface area contributed by atoms with Gasteiger partial charge in [-0.15, -0.1) is 11.6 Å². The summed E-state index contributed by atoms with van der Waals surface area (Å²) in [5.74, 6) is 0.896. The molecule has 0 radical (unpaired) electrons. The summed E-state index contributed by atoms with van der Waals surface area (Å²) >= 11 is 5.76. The Bertz CT molecular complexity index is 484. The first-order chi connectivity index (χ1) is 10.0. The van der Waals surface area contributed by atoms with Crippen LogP contribution in [-0.2, 0) is 11.2 Å². The van der Waals surface area contributed by atoms with Gasteiger partial charge in [0.05, 0.1) is 5.92 Å². The van der Waals surface area contributed by atoms with Crippen LogP contribution in [-0.4, -0.2) is 18.3 Å². The van der Waals surface area contributed by atoms with E-state index in [1.54, 1.807) is 0 Å². The Labute approximate surface area is 133 Å². The summed E-state index contributed by atoms with van der Waals surface area (Å²) in [5.41, 5.74) is 2.67. The molecule has 2 nitrogen and oxygen atoms in total. The molecule has 1 aliphatic rings. The van der Waals surface area contributed by atoms with Crippen LogP contribution in [0.15, 0.2) is 24.3 Å². The van der Waals surface area contributed by atoms with Crippen molar-refractivity contribution in [1.82, 2.24) is 5.32 Å². The van der Waals surface area contributed by atoms with Crippen molar-refractivity contribution < 1.29 is 4.79 Å². The molecule has 1 amide bonds. The molecular formula is C18H26ClNO. The van der Waals surface area contributed by atoms with Crippen molar-refractivity contribution in [2.45, 2.75) is 51.9 Å². The van der Waals surface area contributed by atoms with E-state index in [0.29, 0.717) is 5.88 Å². The lowest BCUT2D eigenvalue weighted by Gasteiger charge is -2.28. The summed E-state index contributed by atoms with van der Waals surface area (Å²) in [6.07, 6.45) is 5.20. The van der Waals surface area contributed by atoms with Gasteiger partial charge in [-0.2, -0.15) is 0 Å². The zero-order chi connectivity index (χ0) is 15.3. The first-order valence-corrected chi connectivity index (χ1v) is 8.48. The van der Waals surface area contributed by atoms with Gasteiger partial charge in [-0.3, -0.25) is 4.79 Å². The molecule has 0 spiro atoms. The van der Waals surface area contributed by atoms with E-state index in [-0.39, 0.29) is 17.2 Å². The quantitative estimate of drug-likeness (QED) is 0.781. The van der Waals surface area contributed by atoms with E-state index >= 15 is 0 Å². The van der Waals surface area contributed by atoms with Crippen molar-refractivity contribution in [3.05, 3.63) is 35.4 Å². The highest BCUT2D eigenvalue weighted by Crippen LogP contribution is 2.32. The van der Waals surface area contributed by atoms with Crippen LogP contribution in [0.2, 0.25) is 0 Å². The first kappa shape index (κ1) is 16.4. The molecule has 0 saturated heterocycles. The maximum Gasteiger partial charge on any atom is 0.227 e. The second-order valence-corrected chi connectivity index (χ2v) is 7.20. The summed E-state index contributed by atoms with van der Waals surface area (Å²) in [4.78, 5) is 12.5. The molecule has 1 unspecified atom stereocenters. The second-order valence-electron chi connectivity index (χ2n) is 6.82. The Kier molecular flexibility index (Phi) is 5.69. The number of carbonyl (C=O) groups is 1. The molecule has 2 rings (SSSR count). The molecule has 3 heteroatoms. The number of amides is 1. The van der Waals surface area contributed by atoms with Crippen LogP contribution in [0.4, 0.5) is 0 Å². The Balaban J connectivity index is 1.96. The monoisotopic (exact) mass is 307 g/mol. The standard InChI is InChI=1S/C18H26ClNO/c1-18(2,11-6-12-19)13-20-17(21)16-10-5-8-14-7-3-4-9-15(14)16/h3-4,7,9,16H,5-6,8,10-13H2,1-2H3,(H,20,21). The summed E-state index contributed by atoms with van der Waals surface area (Å²) in [7, 11) is 0. The molecule has 1 aliphatic carbocycles. The molecule has 1 atom stereocenters.